The number of methoxy groups -OCH3 is 1. The summed E-state index contributed by atoms with van der Waals surface area (Å²) in [6, 6.07) is 6.64. The average Bonchev–Trinajstić information content (AvgIpc) is 3.34. The number of carbonyl (C=O) groups is 1. The molecule has 6 rings (SSSR count). The number of hydrogen-bond acceptors (Lipinski definition) is 6. The number of para-hydroxylation sites is 1. The molecule has 8 nitrogen and oxygen atoms in total. The van der Waals surface area contributed by atoms with E-state index < -0.39 is 5.82 Å². The summed E-state index contributed by atoms with van der Waals surface area (Å²) < 4.78 is 26.5. The van der Waals surface area contributed by atoms with Gasteiger partial charge in [0, 0.05) is 42.4 Å². The van der Waals surface area contributed by atoms with Crippen LogP contribution in [0.25, 0.3) is 11.3 Å². The Morgan fingerprint density at radius 3 is 2.95 bits per heavy atom. The number of carbonyl (C=O) groups excluding carboxylic acids is 1. The highest BCUT2D eigenvalue weighted by molar-refractivity contribution is 6.07. The fourth-order valence-electron chi connectivity index (χ4n) is 6.42. The molecule has 1 aromatic carbocycles. The second kappa shape index (κ2) is 11.5. The van der Waals surface area contributed by atoms with E-state index in [9.17, 15) is 9.18 Å². The first kappa shape index (κ1) is 26.6. The summed E-state index contributed by atoms with van der Waals surface area (Å²) in [4.78, 5) is 24.0. The number of halogens is 1. The number of anilines is 2. The Kier molecular flexibility index (Phi) is 7.65. The number of nitrogens with zero attached hydrogens (tertiary/aromatic N) is 2. The SMILES string of the molecule is COc1c(F)cccc1Nc1c2[nH]c3c1C(=O)NCC3CCC(C)CCN1CCCC(COc3cnccc3-2)C1. The van der Waals surface area contributed by atoms with Gasteiger partial charge in [-0.15, -0.1) is 0 Å². The smallest absolute Gasteiger partial charge is 0.255 e. The van der Waals surface area contributed by atoms with E-state index in [2.05, 4.69) is 32.4 Å². The average molecular weight is 548 g/mol. The van der Waals surface area contributed by atoms with Crippen molar-refractivity contribution in [2.45, 2.75) is 44.9 Å². The summed E-state index contributed by atoms with van der Waals surface area (Å²) in [5.74, 6) is 1.29. The number of ether oxygens (including phenoxy) is 2. The molecule has 1 amide bonds. The lowest BCUT2D eigenvalue weighted by Crippen LogP contribution is -2.38. The van der Waals surface area contributed by atoms with Crippen molar-refractivity contribution in [1.29, 1.82) is 0 Å². The van der Waals surface area contributed by atoms with Crippen molar-refractivity contribution in [3.8, 4) is 22.8 Å². The highest BCUT2D eigenvalue weighted by Crippen LogP contribution is 2.44. The zero-order valence-electron chi connectivity index (χ0n) is 23.3. The number of benzene rings is 1. The summed E-state index contributed by atoms with van der Waals surface area (Å²) in [7, 11) is 1.44. The molecule has 4 unspecified atom stereocenters. The minimum Gasteiger partial charge on any atom is -0.492 e. The third-order valence-electron chi connectivity index (χ3n) is 8.68. The van der Waals surface area contributed by atoms with Crippen molar-refractivity contribution in [3.63, 3.8) is 0 Å². The molecular weight excluding hydrogens is 509 g/mol. The predicted molar refractivity (Wildman–Crippen MR) is 153 cm³/mol. The molecule has 9 heteroatoms. The Hall–Kier alpha value is -3.59. The fraction of sp³-hybridized carbons (Fsp3) is 0.484. The van der Waals surface area contributed by atoms with Crippen LogP contribution >= 0.6 is 0 Å². The Labute approximate surface area is 234 Å². The standard InChI is InChI=1S/C31H38FN5O3/c1-19-8-9-21-15-34-31(38)26-27(21)36-28(29(26)35-24-7-3-6-23(32)30(24)39-2)22-10-12-33-16-25(22)40-18-20-5-4-13-37(17-20)14-11-19/h3,6-7,10,12,16,19-21,35-36H,4-5,8-9,11,13-15,17-18H2,1-2H3,(H,34,38). The van der Waals surface area contributed by atoms with E-state index in [1.54, 1.807) is 24.5 Å². The van der Waals surface area contributed by atoms with Crippen LogP contribution in [-0.4, -0.2) is 60.7 Å². The summed E-state index contributed by atoms with van der Waals surface area (Å²) in [5, 5.41) is 6.48. The highest BCUT2D eigenvalue weighted by atomic mass is 19.1. The topological polar surface area (TPSA) is 91.5 Å². The van der Waals surface area contributed by atoms with E-state index in [0.717, 1.165) is 62.3 Å². The number of hydrogen-bond donors (Lipinski definition) is 3. The van der Waals surface area contributed by atoms with Crippen LogP contribution in [0.15, 0.2) is 36.7 Å². The minimum atomic E-state index is -0.477. The van der Waals surface area contributed by atoms with Crippen LogP contribution in [0.4, 0.5) is 15.8 Å². The van der Waals surface area contributed by atoms with E-state index in [4.69, 9.17) is 9.47 Å². The number of fused-ring (bicyclic) bond motifs is 5. The lowest BCUT2D eigenvalue weighted by Gasteiger charge is -2.33. The third-order valence-corrected chi connectivity index (χ3v) is 8.68. The summed E-state index contributed by atoms with van der Waals surface area (Å²) >= 11 is 0. The number of pyridine rings is 1. The van der Waals surface area contributed by atoms with Crippen LogP contribution < -0.4 is 20.1 Å². The van der Waals surface area contributed by atoms with Gasteiger partial charge in [0.05, 0.1) is 42.5 Å². The van der Waals surface area contributed by atoms with E-state index in [1.807, 2.05) is 6.07 Å². The normalized spacial score (nSPS) is 24.8. The number of aromatic amines is 1. The van der Waals surface area contributed by atoms with E-state index in [1.165, 1.54) is 19.6 Å². The molecule has 3 N–H and O–H groups in total. The molecule has 212 valence electrons. The highest BCUT2D eigenvalue weighted by Gasteiger charge is 2.34. The Bertz CT molecular complexity index is 1370. The molecule has 2 aromatic heterocycles. The van der Waals surface area contributed by atoms with Crippen molar-refractivity contribution < 1.29 is 18.7 Å². The monoisotopic (exact) mass is 547 g/mol. The lowest BCUT2D eigenvalue weighted by atomic mass is 9.88. The number of amides is 1. The molecule has 1 saturated heterocycles. The van der Waals surface area contributed by atoms with E-state index in [-0.39, 0.29) is 17.6 Å². The second-order valence-electron chi connectivity index (χ2n) is 11.5. The largest absolute Gasteiger partial charge is 0.492 e. The molecule has 1 fully saturated rings. The van der Waals surface area contributed by atoms with Crippen LogP contribution in [0.3, 0.4) is 0 Å². The maximum Gasteiger partial charge on any atom is 0.255 e. The van der Waals surface area contributed by atoms with Crippen molar-refractivity contribution in [1.82, 2.24) is 20.2 Å². The number of nitrogens with one attached hydrogen (secondary N) is 3. The molecule has 40 heavy (non-hydrogen) atoms. The van der Waals surface area contributed by atoms with Crippen molar-refractivity contribution in [2.75, 3.05) is 45.2 Å². The van der Waals surface area contributed by atoms with Gasteiger partial charge >= 0.3 is 0 Å². The summed E-state index contributed by atoms with van der Waals surface area (Å²) in [5.41, 5.74) is 4.01. The van der Waals surface area contributed by atoms with E-state index >= 15 is 0 Å². The Balaban J connectivity index is 1.47. The van der Waals surface area contributed by atoms with Gasteiger partial charge in [0.2, 0.25) is 0 Å². The van der Waals surface area contributed by atoms with Gasteiger partial charge in [-0.1, -0.05) is 13.0 Å². The molecule has 3 aliphatic rings. The molecule has 4 atom stereocenters. The number of rotatable bonds is 3. The van der Waals surface area contributed by atoms with Gasteiger partial charge < -0.3 is 30.0 Å². The van der Waals surface area contributed by atoms with Gasteiger partial charge in [-0.2, -0.15) is 0 Å². The maximum absolute atomic E-state index is 14.7. The fourth-order valence-corrected chi connectivity index (χ4v) is 6.42. The van der Waals surface area contributed by atoms with Gasteiger partial charge in [-0.25, -0.2) is 4.39 Å². The maximum atomic E-state index is 14.7. The quantitative estimate of drug-likeness (QED) is 0.389. The molecular formula is C31H38FN5O3. The van der Waals surface area contributed by atoms with Crippen molar-refractivity contribution in [3.05, 3.63) is 53.7 Å². The van der Waals surface area contributed by atoms with Crippen LogP contribution in [-0.2, 0) is 0 Å². The van der Waals surface area contributed by atoms with Crippen molar-refractivity contribution >= 4 is 17.3 Å². The molecule has 0 spiro atoms. The van der Waals surface area contributed by atoms with Gasteiger partial charge in [0.25, 0.3) is 5.91 Å². The summed E-state index contributed by atoms with van der Waals surface area (Å²) in [6.07, 6.45) is 9.00. The van der Waals surface area contributed by atoms with Gasteiger partial charge in [0.15, 0.2) is 11.6 Å². The second-order valence-corrected chi connectivity index (χ2v) is 11.5. The van der Waals surface area contributed by atoms with Crippen LogP contribution in [0.5, 0.6) is 11.5 Å². The zero-order valence-corrected chi connectivity index (χ0v) is 23.3. The molecule has 4 bridgehead atoms. The van der Waals surface area contributed by atoms with Gasteiger partial charge in [-0.05, 0) is 69.3 Å². The van der Waals surface area contributed by atoms with Crippen LogP contribution in [0.1, 0.15) is 61.0 Å². The summed E-state index contributed by atoms with van der Waals surface area (Å²) in [6.45, 7) is 6.83. The van der Waals surface area contributed by atoms with Gasteiger partial charge in [-0.3, -0.25) is 9.78 Å². The van der Waals surface area contributed by atoms with Crippen LogP contribution in [0, 0.1) is 17.7 Å². The Morgan fingerprint density at radius 2 is 2.08 bits per heavy atom. The minimum absolute atomic E-state index is 0.0939. The molecule has 0 radical (unpaired) electrons. The van der Waals surface area contributed by atoms with Crippen LogP contribution in [0.2, 0.25) is 0 Å². The first-order valence-corrected chi connectivity index (χ1v) is 14.4. The Morgan fingerprint density at radius 1 is 1.18 bits per heavy atom. The van der Waals surface area contributed by atoms with Crippen molar-refractivity contribution in [2.24, 2.45) is 11.8 Å². The first-order chi connectivity index (χ1) is 19.5. The van der Waals surface area contributed by atoms with E-state index in [0.29, 0.717) is 47.7 Å². The van der Waals surface area contributed by atoms with Gasteiger partial charge in [0.1, 0.15) is 5.75 Å². The number of aromatic nitrogens is 2. The molecule has 3 aliphatic heterocycles. The lowest BCUT2D eigenvalue weighted by molar-refractivity contribution is 0.0939. The first-order valence-electron chi connectivity index (χ1n) is 14.4. The predicted octanol–water partition coefficient (Wildman–Crippen LogP) is 5.71. The molecule has 3 aromatic rings. The molecule has 0 saturated carbocycles. The number of H-pyrrole nitrogens is 1. The number of piperidine rings is 1. The molecule has 5 heterocycles. The zero-order chi connectivity index (χ0) is 27.6. The molecule has 0 aliphatic carbocycles. The third kappa shape index (κ3) is 5.27.